The normalized spacial score (nSPS) is 13.1. The Bertz CT molecular complexity index is 350. The zero-order chi connectivity index (χ0) is 24.1. The van der Waals surface area contributed by atoms with Gasteiger partial charge in [0.15, 0.2) is 0 Å². The Kier molecular flexibility index (Phi) is 17.0. The fraction of sp³-hybridized carbons (Fsp3) is 1.00. The van der Waals surface area contributed by atoms with Crippen molar-refractivity contribution in [3.05, 3.63) is 0 Å². The maximum absolute atomic E-state index is 6.65. The molecule has 0 amide bonds. The van der Waals surface area contributed by atoms with E-state index in [9.17, 15) is 0 Å². The average molecular weight is 505 g/mol. The molecule has 0 rings (SSSR count). The monoisotopic (exact) mass is 504 g/mol. The fourth-order valence-electron chi connectivity index (χ4n) is 3.44. The summed E-state index contributed by atoms with van der Waals surface area (Å²) in [6.07, 6.45) is 0.149. The van der Waals surface area contributed by atoms with Crippen molar-refractivity contribution in [2.24, 2.45) is 0 Å². The zero-order valence-electron chi connectivity index (χ0n) is 22.5. The summed E-state index contributed by atoms with van der Waals surface area (Å²) in [5, 5.41) is 0. The van der Waals surface area contributed by atoms with E-state index >= 15 is 0 Å². The predicted octanol–water partition coefficient (Wildman–Crippen LogP) is -0.503. The number of rotatable bonds is 18. The van der Waals surface area contributed by atoms with Crippen LogP contribution in [0.1, 0.15) is 0 Å². The third kappa shape index (κ3) is 18.4. The number of hydrogen-bond donors (Lipinski definition) is 0. The summed E-state index contributed by atoms with van der Waals surface area (Å²) in [4.78, 5) is 13.0. The van der Waals surface area contributed by atoms with Gasteiger partial charge in [0.25, 0.3) is 0 Å². The second-order valence-corrected chi connectivity index (χ2v) is 13.1. The van der Waals surface area contributed by atoms with Crippen LogP contribution >= 0.6 is 0 Å². The van der Waals surface area contributed by atoms with Gasteiger partial charge in [0.2, 0.25) is 0 Å². The van der Waals surface area contributed by atoms with Crippen LogP contribution in [0.2, 0.25) is 0 Å². The maximum atomic E-state index is 6.65. The third-order valence-corrected chi connectivity index (χ3v) is 8.14. The molecule has 0 spiro atoms. The van der Waals surface area contributed by atoms with Crippen LogP contribution in [0.3, 0.4) is 0 Å². The van der Waals surface area contributed by atoms with E-state index in [1.54, 1.807) is 0 Å². The first-order valence-corrected chi connectivity index (χ1v) is 14.1. The first-order chi connectivity index (χ1) is 14.3. The molecule has 10 heteroatoms. The molecule has 9 nitrogen and oxygen atoms in total. The van der Waals surface area contributed by atoms with E-state index in [0.29, 0.717) is 0 Å². The predicted molar refractivity (Wildman–Crippen MR) is 132 cm³/mol. The standard InChI is InChI=1S/3C7H17N2O.Ga/c3*1-8(2)5-7(10)6-9(3)4;/h3*7H,5-6H2,1-4H3;/q3*-1;+3. The third-order valence-electron chi connectivity index (χ3n) is 4.32. The van der Waals surface area contributed by atoms with Gasteiger partial charge >= 0.3 is 199 Å². The molecule has 0 aliphatic carbocycles. The first-order valence-electron chi connectivity index (χ1n) is 11.1. The summed E-state index contributed by atoms with van der Waals surface area (Å²) in [5.41, 5.74) is 0. The molecule has 0 heterocycles. The number of hydrogen-bond acceptors (Lipinski definition) is 9. The Morgan fingerprint density at radius 1 is 0.387 bits per heavy atom. The summed E-state index contributed by atoms with van der Waals surface area (Å²) >= 11 is -3.01. The van der Waals surface area contributed by atoms with E-state index in [0.717, 1.165) is 39.3 Å². The number of likely N-dealkylation sites (N-methyl/N-ethyl adjacent to an activating group) is 6. The van der Waals surface area contributed by atoms with Gasteiger partial charge in [-0.3, -0.25) is 0 Å². The van der Waals surface area contributed by atoms with Crippen LogP contribution in [0.25, 0.3) is 0 Å². The molecule has 0 N–H and O–H groups in total. The van der Waals surface area contributed by atoms with Crippen LogP contribution in [-0.2, 0) is 10.6 Å². The Balaban J connectivity index is 5.59. The van der Waals surface area contributed by atoms with Gasteiger partial charge in [-0.15, -0.1) is 0 Å². The summed E-state index contributed by atoms with van der Waals surface area (Å²) < 4.78 is 19.9. The molecule has 0 fully saturated rings. The van der Waals surface area contributed by atoms with Crippen LogP contribution in [0.5, 0.6) is 0 Å². The molecule has 0 aromatic rings. The molecule has 0 atom stereocenters. The van der Waals surface area contributed by atoms with Crippen molar-refractivity contribution in [3.63, 3.8) is 0 Å². The SMILES string of the molecule is CN(C)CC(CN(C)C)[O][Ga]([O]C(CN(C)C)CN(C)C)[O]C(CN(C)C)CN(C)C. The van der Waals surface area contributed by atoms with Crippen LogP contribution < -0.4 is 0 Å². The Morgan fingerprint density at radius 3 is 0.677 bits per heavy atom. The van der Waals surface area contributed by atoms with Crippen LogP contribution in [0, 0.1) is 0 Å². The second-order valence-electron chi connectivity index (χ2n) is 10.1. The topological polar surface area (TPSA) is 47.1 Å². The summed E-state index contributed by atoms with van der Waals surface area (Å²) in [6, 6.07) is 0. The molecule has 0 aliphatic heterocycles. The van der Waals surface area contributed by atoms with Gasteiger partial charge in [0.05, 0.1) is 0 Å². The van der Waals surface area contributed by atoms with E-state index in [4.69, 9.17) is 10.6 Å². The molecule has 0 unspecified atom stereocenters. The van der Waals surface area contributed by atoms with Crippen LogP contribution in [0.4, 0.5) is 0 Å². The van der Waals surface area contributed by atoms with Crippen molar-refractivity contribution < 1.29 is 10.6 Å². The van der Waals surface area contributed by atoms with E-state index < -0.39 is 17.3 Å². The van der Waals surface area contributed by atoms with Gasteiger partial charge in [0, 0.05) is 0 Å². The molecule has 0 aromatic carbocycles. The van der Waals surface area contributed by atoms with Crippen molar-refractivity contribution >= 4 is 17.3 Å². The van der Waals surface area contributed by atoms with Gasteiger partial charge in [0.1, 0.15) is 0 Å². The minimum atomic E-state index is -3.01. The van der Waals surface area contributed by atoms with Crippen molar-refractivity contribution in [2.45, 2.75) is 18.3 Å². The van der Waals surface area contributed by atoms with Crippen molar-refractivity contribution in [1.29, 1.82) is 0 Å². The summed E-state index contributed by atoms with van der Waals surface area (Å²) in [6.45, 7) is 5.03. The quantitative estimate of drug-likeness (QED) is 0.230. The second kappa shape index (κ2) is 16.8. The molecule has 0 bridgehead atoms. The summed E-state index contributed by atoms with van der Waals surface area (Å²) in [5.74, 6) is 0. The Morgan fingerprint density at radius 2 is 0.548 bits per heavy atom. The molecule has 0 saturated carbocycles. The van der Waals surface area contributed by atoms with Gasteiger partial charge in [-0.25, -0.2) is 0 Å². The van der Waals surface area contributed by atoms with E-state index in [1.807, 2.05) is 0 Å². The molecule has 0 saturated heterocycles. The molecular formula is C21H51GaN6O3. The van der Waals surface area contributed by atoms with Crippen molar-refractivity contribution in [2.75, 3.05) is 124 Å². The number of nitrogens with zero attached hydrogens (tertiary/aromatic N) is 6. The van der Waals surface area contributed by atoms with E-state index in [2.05, 4.69) is 114 Å². The van der Waals surface area contributed by atoms with E-state index in [-0.39, 0.29) is 18.3 Å². The van der Waals surface area contributed by atoms with Gasteiger partial charge in [-0.1, -0.05) is 0 Å². The minimum absolute atomic E-state index is 0.0497. The van der Waals surface area contributed by atoms with Crippen LogP contribution in [-0.4, -0.2) is 189 Å². The molecule has 31 heavy (non-hydrogen) atoms. The molecule has 0 aliphatic rings. The average Bonchev–Trinajstić information content (AvgIpc) is 2.50. The molecule has 0 aromatic heterocycles. The Labute approximate surface area is 199 Å². The van der Waals surface area contributed by atoms with Gasteiger partial charge in [-0.2, -0.15) is 0 Å². The van der Waals surface area contributed by atoms with E-state index in [1.165, 1.54) is 0 Å². The first kappa shape index (κ1) is 31.3. The Hall–Kier alpha value is 0.276. The van der Waals surface area contributed by atoms with Crippen LogP contribution in [0.15, 0.2) is 0 Å². The fourth-order valence-corrected chi connectivity index (χ4v) is 6.91. The van der Waals surface area contributed by atoms with Crippen molar-refractivity contribution in [3.8, 4) is 0 Å². The van der Waals surface area contributed by atoms with Gasteiger partial charge in [-0.05, 0) is 0 Å². The molecule has 0 radical (unpaired) electrons. The molecule has 186 valence electrons. The summed E-state index contributed by atoms with van der Waals surface area (Å²) in [7, 11) is 25.0. The van der Waals surface area contributed by atoms with Crippen molar-refractivity contribution in [1.82, 2.24) is 29.4 Å². The zero-order valence-corrected chi connectivity index (χ0v) is 24.9. The van der Waals surface area contributed by atoms with Gasteiger partial charge < -0.3 is 0 Å². The molecular weight excluding hydrogens is 454 g/mol.